The highest BCUT2D eigenvalue weighted by Crippen LogP contribution is 2.31. The molecule has 1 aromatic rings. The molecule has 0 aromatic heterocycles. The molecule has 0 spiro atoms. The zero-order chi connectivity index (χ0) is 12.8. The third kappa shape index (κ3) is 3.53. The molecule has 0 aliphatic carbocycles. The van der Waals surface area contributed by atoms with E-state index >= 15 is 0 Å². The summed E-state index contributed by atoms with van der Waals surface area (Å²) < 4.78 is 13.9. The first-order valence-corrected chi connectivity index (χ1v) is 6.62. The van der Waals surface area contributed by atoms with E-state index in [1.807, 2.05) is 13.0 Å². The molecular weight excluding hydrogens is 213 g/mol. The standard InChI is InChI=1S/C15H24FN/c1-4-7-12(8-5-2)15(17)14-11(3)9-6-10-13(14)16/h6,9-10,12,15H,4-5,7-8,17H2,1-3H3. The average molecular weight is 237 g/mol. The van der Waals surface area contributed by atoms with Gasteiger partial charge in [0.1, 0.15) is 5.82 Å². The summed E-state index contributed by atoms with van der Waals surface area (Å²) in [7, 11) is 0. The van der Waals surface area contributed by atoms with E-state index in [4.69, 9.17) is 5.73 Å². The van der Waals surface area contributed by atoms with Crippen LogP contribution >= 0.6 is 0 Å². The molecule has 1 atom stereocenters. The van der Waals surface area contributed by atoms with Gasteiger partial charge in [-0.1, -0.05) is 38.8 Å². The third-order valence-corrected chi connectivity index (χ3v) is 3.43. The van der Waals surface area contributed by atoms with E-state index in [0.29, 0.717) is 11.5 Å². The van der Waals surface area contributed by atoms with E-state index in [1.165, 1.54) is 6.07 Å². The number of halogens is 1. The van der Waals surface area contributed by atoms with Crippen LogP contribution in [0.2, 0.25) is 0 Å². The highest BCUT2D eigenvalue weighted by atomic mass is 19.1. The molecule has 0 saturated carbocycles. The maximum Gasteiger partial charge on any atom is 0.128 e. The van der Waals surface area contributed by atoms with Gasteiger partial charge in [-0.25, -0.2) is 4.39 Å². The summed E-state index contributed by atoms with van der Waals surface area (Å²) in [6, 6.07) is 5.02. The van der Waals surface area contributed by atoms with Gasteiger partial charge in [-0.05, 0) is 37.3 Å². The van der Waals surface area contributed by atoms with Gasteiger partial charge in [0, 0.05) is 11.6 Å². The largest absolute Gasteiger partial charge is 0.324 e. The van der Waals surface area contributed by atoms with Crippen molar-refractivity contribution in [3.8, 4) is 0 Å². The van der Waals surface area contributed by atoms with Crippen LogP contribution in [-0.4, -0.2) is 0 Å². The molecule has 0 saturated heterocycles. The molecule has 0 heterocycles. The highest BCUT2D eigenvalue weighted by Gasteiger charge is 2.22. The summed E-state index contributed by atoms with van der Waals surface area (Å²) in [5, 5.41) is 0. The molecule has 0 fully saturated rings. The lowest BCUT2D eigenvalue weighted by Crippen LogP contribution is -2.23. The predicted molar refractivity (Wildman–Crippen MR) is 71.4 cm³/mol. The minimum Gasteiger partial charge on any atom is -0.324 e. The predicted octanol–water partition coefficient (Wildman–Crippen LogP) is 4.35. The molecule has 2 heteroatoms. The zero-order valence-electron chi connectivity index (χ0n) is 11.2. The molecule has 1 unspecified atom stereocenters. The minimum atomic E-state index is -0.170. The lowest BCUT2D eigenvalue weighted by molar-refractivity contribution is 0.359. The Morgan fingerprint density at radius 2 is 1.76 bits per heavy atom. The van der Waals surface area contributed by atoms with Crippen molar-refractivity contribution in [3.63, 3.8) is 0 Å². The SMILES string of the molecule is CCCC(CCC)C(N)c1c(C)cccc1F. The molecule has 1 rings (SSSR count). The summed E-state index contributed by atoms with van der Waals surface area (Å²) >= 11 is 0. The first-order valence-electron chi connectivity index (χ1n) is 6.62. The fraction of sp³-hybridized carbons (Fsp3) is 0.600. The normalized spacial score (nSPS) is 13.1. The Morgan fingerprint density at radius 3 is 2.24 bits per heavy atom. The first-order chi connectivity index (χ1) is 8.11. The minimum absolute atomic E-state index is 0.158. The van der Waals surface area contributed by atoms with Crippen molar-refractivity contribution in [1.82, 2.24) is 0 Å². The van der Waals surface area contributed by atoms with Crippen LogP contribution in [0.4, 0.5) is 4.39 Å². The third-order valence-electron chi connectivity index (χ3n) is 3.43. The molecule has 0 radical (unpaired) electrons. The number of benzene rings is 1. The summed E-state index contributed by atoms with van der Waals surface area (Å²) in [5.41, 5.74) is 7.95. The first kappa shape index (κ1) is 14.2. The van der Waals surface area contributed by atoms with Gasteiger partial charge in [-0.2, -0.15) is 0 Å². The number of nitrogens with two attached hydrogens (primary N) is 1. The molecule has 0 aliphatic heterocycles. The number of hydrogen-bond donors (Lipinski definition) is 1. The van der Waals surface area contributed by atoms with Crippen LogP contribution in [0, 0.1) is 18.7 Å². The van der Waals surface area contributed by atoms with Gasteiger partial charge in [-0.15, -0.1) is 0 Å². The van der Waals surface area contributed by atoms with Crippen molar-refractivity contribution >= 4 is 0 Å². The molecule has 17 heavy (non-hydrogen) atoms. The van der Waals surface area contributed by atoms with E-state index < -0.39 is 0 Å². The Labute approximate surface area is 104 Å². The second-order valence-corrected chi connectivity index (χ2v) is 4.83. The van der Waals surface area contributed by atoms with Crippen LogP contribution in [0.25, 0.3) is 0 Å². The number of hydrogen-bond acceptors (Lipinski definition) is 1. The molecule has 0 bridgehead atoms. The van der Waals surface area contributed by atoms with Crippen molar-refractivity contribution in [3.05, 3.63) is 35.1 Å². The van der Waals surface area contributed by atoms with Gasteiger partial charge < -0.3 is 5.73 Å². The second kappa shape index (κ2) is 6.75. The van der Waals surface area contributed by atoms with Crippen LogP contribution in [0.1, 0.15) is 56.7 Å². The lowest BCUT2D eigenvalue weighted by atomic mass is 9.85. The van der Waals surface area contributed by atoms with Gasteiger partial charge >= 0.3 is 0 Å². The summed E-state index contributed by atoms with van der Waals surface area (Å²) in [6.45, 7) is 6.25. The van der Waals surface area contributed by atoms with E-state index in [2.05, 4.69) is 13.8 Å². The van der Waals surface area contributed by atoms with Gasteiger partial charge in [0.2, 0.25) is 0 Å². The molecule has 96 valence electrons. The average Bonchev–Trinajstić information content (AvgIpc) is 2.28. The Hall–Kier alpha value is -0.890. The van der Waals surface area contributed by atoms with Crippen LogP contribution in [0.5, 0.6) is 0 Å². The molecule has 0 amide bonds. The molecule has 1 nitrogen and oxygen atoms in total. The van der Waals surface area contributed by atoms with Gasteiger partial charge in [0.05, 0.1) is 0 Å². The summed E-state index contributed by atoms with van der Waals surface area (Å²) in [5.74, 6) is 0.232. The quantitative estimate of drug-likeness (QED) is 0.782. The zero-order valence-corrected chi connectivity index (χ0v) is 11.2. The lowest BCUT2D eigenvalue weighted by Gasteiger charge is -2.25. The van der Waals surface area contributed by atoms with Crippen LogP contribution < -0.4 is 5.73 Å². The van der Waals surface area contributed by atoms with Crippen molar-refractivity contribution in [2.45, 2.75) is 52.5 Å². The fourth-order valence-corrected chi connectivity index (χ4v) is 2.55. The molecule has 1 aromatic carbocycles. The van der Waals surface area contributed by atoms with Crippen LogP contribution in [0.15, 0.2) is 18.2 Å². The van der Waals surface area contributed by atoms with Crippen molar-refractivity contribution in [1.29, 1.82) is 0 Å². The Morgan fingerprint density at radius 1 is 1.18 bits per heavy atom. The topological polar surface area (TPSA) is 26.0 Å². The van der Waals surface area contributed by atoms with Crippen molar-refractivity contribution in [2.75, 3.05) is 0 Å². The number of rotatable bonds is 6. The van der Waals surface area contributed by atoms with E-state index in [1.54, 1.807) is 6.07 Å². The monoisotopic (exact) mass is 237 g/mol. The van der Waals surface area contributed by atoms with Gasteiger partial charge in [-0.3, -0.25) is 0 Å². The maximum atomic E-state index is 13.9. The van der Waals surface area contributed by atoms with Crippen molar-refractivity contribution in [2.24, 2.45) is 11.7 Å². The van der Waals surface area contributed by atoms with E-state index in [0.717, 1.165) is 31.2 Å². The summed E-state index contributed by atoms with van der Waals surface area (Å²) in [4.78, 5) is 0. The smallest absolute Gasteiger partial charge is 0.128 e. The van der Waals surface area contributed by atoms with Crippen LogP contribution in [-0.2, 0) is 0 Å². The Kier molecular flexibility index (Phi) is 5.63. The summed E-state index contributed by atoms with van der Waals surface area (Å²) in [6.07, 6.45) is 4.35. The van der Waals surface area contributed by atoms with Crippen molar-refractivity contribution < 1.29 is 4.39 Å². The van der Waals surface area contributed by atoms with Crippen LogP contribution in [0.3, 0.4) is 0 Å². The molecule has 2 N–H and O–H groups in total. The molecular formula is C15H24FN. The second-order valence-electron chi connectivity index (χ2n) is 4.83. The van der Waals surface area contributed by atoms with E-state index in [9.17, 15) is 4.39 Å². The molecule has 0 aliphatic rings. The fourth-order valence-electron chi connectivity index (χ4n) is 2.55. The maximum absolute atomic E-state index is 13.9. The van der Waals surface area contributed by atoms with E-state index in [-0.39, 0.29) is 11.9 Å². The van der Waals surface area contributed by atoms with Gasteiger partial charge in [0.25, 0.3) is 0 Å². The number of aryl methyl sites for hydroxylation is 1. The highest BCUT2D eigenvalue weighted by molar-refractivity contribution is 5.30. The van der Waals surface area contributed by atoms with Gasteiger partial charge in [0.15, 0.2) is 0 Å². The Balaban J connectivity index is 2.95. The Bertz CT molecular complexity index is 323.